The first kappa shape index (κ1) is 12.0. The Morgan fingerprint density at radius 3 is 2.41 bits per heavy atom. The maximum absolute atomic E-state index is 5.87. The van der Waals surface area contributed by atoms with Crippen LogP contribution in [0.25, 0.3) is 0 Å². The lowest BCUT2D eigenvalue weighted by atomic mass is 10.3. The molecule has 2 aromatic rings. The molecule has 1 aromatic carbocycles. The maximum Gasteiger partial charge on any atom is 0.158 e. The Hall–Kier alpha value is -1.52. The van der Waals surface area contributed by atoms with Gasteiger partial charge in [0.2, 0.25) is 0 Å². The molecule has 3 N–H and O–H groups in total. The van der Waals surface area contributed by atoms with Crippen LogP contribution in [0.3, 0.4) is 0 Å². The molecule has 0 aliphatic heterocycles. The average molecular weight is 269 g/mol. The molecule has 0 radical (unpaired) electrons. The molecular weight excluding hydrogens is 259 g/mol. The van der Waals surface area contributed by atoms with Crippen LogP contribution in [0.2, 0.25) is 10.2 Å². The van der Waals surface area contributed by atoms with E-state index in [0.29, 0.717) is 22.4 Å². The van der Waals surface area contributed by atoms with Crippen molar-refractivity contribution < 1.29 is 0 Å². The summed E-state index contributed by atoms with van der Waals surface area (Å²) in [7, 11) is 0. The molecule has 88 valence electrons. The minimum absolute atomic E-state index is 0.244. The third-order valence-electron chi connectivity index (χ3n) is 2.12. The van der Waals surface area contributed by atoms with Crippen molar-refractivity contribution in [2.45, 2.75) is 6.92 Å². The lowest BCUT2D eigenvalue weighted by Gasteiger charge is -2.09. The highest BCUT2D eigenvalue weighted by Gasteiger charge is 2.08. The first-order valence-electron chi connectivity index (χ1n) is 4.88. The van der Waals surface area contributed by atoms with Gasteiger partial charge in [0.15, 0.2) is 11.0 Å². The fourth-order valence-corrected chi connectivity index (χ4v) is 1.65. The van der Waals surface area contributed by atoms with Crippen LogP contribution in [-0.2, 0) is 0 Å². The zero-order valence-corrected chi connectivity index (χ0v) is 10.5. The minimum Gasteiger partial charge on any atom is -0.393 e. The molecule has 0 atom stereocenters. The van der Waals surface area contributed by atoms with Crippen LogP contribution in [0.4, 0.5) is 17.2 Å². The molecule has 4 nitrogen and oxygen atoms in total. The van der Waals surface area contributed by atoms with Gasteiger partial charge in [0.25, 0.3) is 0 Å². The van der Waals surface area contributed by atoms with Gasteiger partial charge in [-0.25, -0.2) is 9.97 Å². The Morgan fingerprint density at radius 1 is 1.12 bits per heavy atom. The van der Waals surface area contributed by atoms with E-state index >= 15 is 0 Å². The fourth-order valence-electron chi connectivity index (χ4n) is 1.31. The van der Waals surface area contributed by atoms with E-state index in [2.05, 4.69) is 15.3 Å². The zero-order chi connectivity index (χ0) is 12.4. The highest BCUT2D eigenvalue weighted by atomic mass is 35.5. The number of rotatable bonds is 2. The second-order valence-electron chi connectivity index (χ2n) is 3.46. The summed E-state index contributed by atoms with van der Waals surface area (Å²) in [5.74, 6) is 1.05. The van der Waals surface area contributed by atoms with E-state index in [9.17, 15) is 0 Å². The summed E-state index contributed by atoms with van der Waals surface area (Å²) in [6, 6.07) is 7.20. The third kappa shape index (κ3) is 2.78. The quantitative estimate of drug-likeness (QED) is 0.820. The molecule has 17 heavy (non-hydrogen) atoms. The predicted octanol–water partition coefficient (Wildman–Crippen LogP) is 3.42. The van der Waals surface area contributed by atoms with Gasteiger partial charge in [0.05, 0.1) is 0 Å². The molecule has 6 heteroatoms. The van der Waals surface area contributed by atoms with E-state index in [1.807, 2.05) is 12.1 Å². The summed E-state index contributed by atoms with van der Waals surface area (Å²) in [6.07, 6.45) is 0. The van der Waals surface area contributed by atoms with Crippen molar-refractivity contribution >= 4 is 40.4 Å². The van der Waals surface area contributed by atoms with Crippen LogP contribution in [0, 0.1) is 6.92 Å². The van der Waals surface area contributed by atoms with Gasteiger partial charge in [-0.3, -0.25) is 0 Å². The molecule has 1 heterocycles. The van der Waals surface area contributed by atoms with Crippen molar-refractivity contribution in [2.75, 3.05) is 11.1 Å². The smallest absolute Gasteiger partial charge is 0.158 e. The van der Waals surface area contributed by atoms with Crippen LogP contribution < -0.4 is 11.1 Å². The molecule has 0 amide bonds. The van der Waals surface area contributed by atoms with Crippen LogP contribution >= 0.6 is 23.2 Å². The standard InChI is InChI=1S/C11H10Cl2N4/c1-6-15-10(13)9(14)11(16-6)17-8-4-2-7(12)3-5-8/h2-5H,14H2,1H3,(H,15,16,17). The fraction of sp³-hybridized carbons (Fsp3) is 0.0909. The molecule has 0 saturated heterocycles. The van der Waals surface area contributed by atoms with Crippen molar-refractivity contribution in [1.29, 1.82) is 0 Å². The number of benzene rings is 1. The summed E-state index contributed by atoms with van der Waals surface area (Å²) < 4.78 is 0. The van der Waals surface area contributed by atoms with E-state index in [-0.39, 0.29) is 5.15 Å². The molecular formula is C11H10Cl2N4. The molecule has 1 aromatic heterocycles. The van der Waals surface area contributed by atoms with Crippen LogP contribution in [0.5, 0.6) is 0 Å². The summed E-state index contributed by atoms with van der Waals surface area (Å²) in [5.41, 5.74) is 6.94. The van der Waals surface area contributed by atoms with Crippen molar-refractivity contribution in [1.82, 2.24) is 9.97 Å². The van der Waals surface area contributed by atoms with Gasteiger partial charge in [-0.15, -0.1) is 0 Å². The SMILES string of the molecule is Cc1nc(Cl)c(N)c(Nc2ccc(Cl)cc2)n1. The topological polar surface area (TPSA) is 63.8 Å². The van der Waals surface area contributed by atoms with Crippen LogP contribution in [0.1, 0.15) is 5.82 Å². The Balaban J connectivity index is 2.32. The van der Waals surface area contributed by atoms with Crippen molar-refractivity contribution in [3.05, 3.63) is 40.3 Å². The average Bonchev–Trinajstić information content (AvgIpc) is 2.28. The lowest BCUT2D eigenvalue weighted by molar-refractivity contribution is 1.06. The molecule has 0 spiro atoms. The Labute approximate surface area is 109 Å². The maximum atomic E-state index is 5.87. The number of nitrogens with one attached hydrogen (secondary N) is 1. The van der Waals surface area contributed by atoms with Crippen LogP contribution in [0.15, 0.2) is 24.3 Å². The number of hydrogen-bond donors (Lipinski definition) is 2. The first-order chi connectivity index (χ1) is 8.06. The Bertz CT molecular complexity index is 540. The van der Waals surface area contributed by atoms with E-state index in [4.69, 9.17) is 28.9 Å². The van der Waals surface area contributed by atoms with E-state index in [0.717, 1.165) is 5.69 Å². The van der Waals surface area contributed by atoms with Crippen molar-refractivity contribution in [2.24, 2.45) is 0 Å². The molecule has 0 saturated carbocycles. The van der Waals surface area contributed by atoms with Crippen molar-refractivity contribution in [3.63, 3.8) is 0 Å². The summed E-state index contributed by atoms with van der Waals surface area (Å²) in [6.45, 7) is 1.75. The number of aryl methyl sites for hydroxylation is 1. The number of halogens is 2. The normalized spacial score (nSPS) is 10.3. The van der Waals surface area contributed by atoms with Gasteiger partial charge >= 0.3 is 0 Å². The monoisotopic (exact) mass is 268 g/mol. The number of anilines is 3. The zero-order valence-electron chi connectivity index (χ0n) is 9.04. The van der Waals surface area contributed by atoms with Gasteiger partial charge in [0, 0.05) is 10.7 Å². The van der Waals surface area contributed by atoms with Gasteiger partial charge in [0.1, 0.15) is 11.5 Å². The summed E-state index contributed by atoms with van der Waals surface area (Å²) >= 11 is 11.7. The first-order valence-corrected chi connectivity index (χ1v) is 5.64. The second-order valence-corrected chi connectivity index (χ2v) is 4.25. The molecule has 0 bridgehead atoms. The van der Waals surface area contributed by atoms with E-state index < -0.39 is 0 Å². The summed E-state index contributed by atoms with van der Waals surface area (Å²) in [4.78, 5) is 8.14. The second kappa shape index (κ2) is 4.77. The van der Waals surface area contributed by atoms with E-state index in [1.165, 1.54) is 0 Å². The predicted molar refractivity (Wildman–Crippen MR) is 70.9 cm³/mol. The van der Waals surface area contributed by atoms with Crippen molar-refractivity contribution in [3.8, 4) is 0 Å². The lowest BCUT2D eigenvalue weighted by Crippen LogP contribution is -2.03. The molecule has 2 rings (SSSR count). The van der Waals surface area contributed by atoms with Gasteiger partial charge < -0.3 is 11.1 Å². The number of aromatic nitrogens is 2. The Kier molecular flexibility index (Phi) is 3.36. The Morgan fingerprint density at radius 2 is 1.76 bits per heavy atom. The highest BCUT2D eigenvalue weighted by Crippen LogP contribution is 2.26. The number of hydrogen-bond acceptors (Lipinski definition) is 4. The molecule has 0 fully saturated rings. The molecule has 0 aliphatic rings. The van der Waals surface area contributed by atoms with Gasteiger partial charge in [-0.05, 0) is 31.2 Å². The van der Waals surface area contributed by atoms with Gasteiger partial charge in [-0.1, -0.05) is 23.2 Å². The number of nitrogens with two attached hydrogens (primary N) is 1. The largest absolute Gasteiger partial charge is 0.393 e. The van der Waals surface area contributed by atoms with Crippen LogP contribution in [-0.4, -0.2) is 9.97 Å². The van der Waals surface area contributed by atoms with Gasteiger partial charge in [-0.2, -0.15) is 0 Å². The van der Waals surface area contributed by atoms with E-state index in [1.54, 1.807) is 19.1 Å². The molecule has 0 unspecified atom stereocenters. The molecule has 0 aliphatic carbocycles. The minimum atomic E-state index is 0.244. The summed E-state index contributed by atoms with van der Waals surface area (Å²) in [5, 5.41) is 3.97. The third-order valence-corrected chi connectivity index (χ3v) is 2.66. The highest BCUT2D eigenvalue weighted by molar-refractivity contribution is 6.32. The number of nitrogens with zero attached hydrogens (tertiary/aromatic N) is 2. The number of nitrogen functional groups attached to an aromatic ring is 1.